The highest BCUT2D eigenvalue weighted by atomic mass is 35.5. The van der Waals surface area contributed by atoms with E-state index < -0.39 is 6.04 Å². The number of likely N-dealkylation sites (N-methyl/N-ethyl adjacent to an activating group) is 1. The van der Waals surface area contributed by atoms with Gasteiger partial charge in [0.05, 0.1) is 6.42 Å². The van der Waals surface area contributed by atoms with Crippen LogP contribution >= 0.6 is 11.6 Å². The Hall–Kier alpha value is -3.11. The van der Waals surface area contributed by atoms with Crippen molar-refractivity contribution >= 4 is 23.4 Å². The summed E-state index contributed by atoms with van der Waals surface area (Å²) in [7, 11) is 1.60. The summed E-state index contributed by atoms with van der Waals surface area (Å²) < 4.78 is 0. The van der Waals surface area contributed by atoms with Gasteiger partial charge in [0.1, 0.15) is 6.04 Å². The van der Waals surface area contributed by atoms with Crippen molar-refractivity contribution in [2.45, 2.75) is 39.3 Å². The van der Waals surface area contributed by atoms with Gasteiger partial charge in [0.25, 0.3) is 0 Å². The SMILES string of the molecule is CNC(=O)C(Cc1ccccc1)N(Cc1cccc(Cl)c1)C(=O)Cc1cc(C)cc(C)c1. The molecule has 1 unspecified atom stereocenters. The molecule has 0 heterocycles. The molecule has 3 rings (SSSR count). The number of nitrogens with zero attached hydrogens (tertiary/aromatic N) is 1. The molecule has 3 aromatic rings. The number of carbonyl (C=O) groups excluding carboxylic acids is 2. The lowest BCUT2D eigenvalue weighted by Crippen LogP contribution is -2.50. The van der Waals surface area contributed by atoms with Gasteiger partial charge in [-0.2, -0.15) is 0 Å². The Kier molecular flexibility index (Phi) is 8.07. The van der Waals surface area contributed by atoms with Crippen LogP contribution in [0.25, 0.3) is 0 Å². The molecule has 0 aliphatic carbocycles. The molecule has 0 spiro atoms. The fourth-order valence-electron chi connectivity index (χ4n) is 4.00. The van der Waals surface area contributed by atoms with Crippen molar-refractivity contribution in [3.05, 3.63) is 106 Å². The van der Waals surface area contributed by atoms with Crippen molar-refractivity contribution in [3.8, 4) is 0 Å². The number of amides is 2. The van der Waals surface area contributed by atoms with Crippen LogP contribution < -0.4 is 5.32 Å². The predicted octanol–water partition coefficient (Wildman–Crippen LogP) is 4.89. The molecular formula is C27H29ClN2O2. The standard InChI is InChI=1S/C27H29ClN2O2/c1-19-12-20(2)14-23(13-19)17-26(31)30(18-22-10-7-11-24(28)15-22)25(27(32)29-3)16-21-8-5-4-6-9-21/h4-15,25H,16-18H2,1-3H3,(H,29,32). The minimum atomic E-state index is -0.639. The van der Waals surface area contributed by atoms with Gasteiger partial charge in [-0.05, 0) is 42.7 Å². The van der Waals surface area contributed by atoms with Crippen molar-refractivity contribution in [1.29, 1.82) is 0 Å². The molecule has 0 bridgehead atoms. The quantitative estimate of drug-likeness (QED) is 0.533. The smallest absolute Gasteiger partial charge is 0.242 e. The maximum Gasteiger partial charge on any atom is 0.242 e. The van der Waals surface area contributed by atoms with E-state index in [-0.39, 0.29) is 18.2 Å². The second-order valence-corrected chi connectivity index (χ2v) is 8.58. The summed E-state index contributed by atoms with van der Waals surface area (Å²) in [6.07, 6.45) is 0.658. The van der Waals surface area contributed by atoms with Gasteiger partial charge in [0.2, 0.25) is 11.8 Å². The highest BCUT2D eigenvalue weighted by Gasteiger charge is 2.29. The molecule has 1 atom stereocenters. The van der Waals surface area contributed by atoms with Gasteiger partial charge in [-0.1, -0.05) is 83.4 Å². The molecule has 0 aromatic heterocycles. The van der Waals surface area contributed by atoms with Gasteiger partial charge in [-0.15, -0.1) is 0 Å². The zero-order valence-corrected chi connectivity index (χ0v) is 19.5. The second kappa shape index (κ2) is 11.0. The summed E-state index contributed by atoms with van der Waals surface area (Å²) in [4.78, 5) is 28.2. The van der Waals surface area contributed by atoms with Crippen molar-refractivity contribution in [2.24, 2.45) is 0 Å². The van der Waals surface area contributed by atoms with Crippen LogP contribution in [0.2, 0.25) is 5.02 Å². The van der Waals surface area contributed by atoms with Gasteiger partial charge in [0.15, 0.2) is 0 Å². The molecular weight excluding hydrogens is 420 g/mol. The highest BCUT2D eigenvalue weighted by Crippen LogP contribution is 2.19. The maximum absolute atomic E-state index is 13.6. The number of nitrogens with one attached hydrogen (secondary N) is 1. The highest BCUT2D eigenvalue weighted by molar-refractivity contribution is 6.30. The molecule has 0 fully saturated rings. The van der Waals surface area contributed by atoms with Gasteiger partial charge in [-0.25, -0.2) is 0 Å². The normalized spacial score (nSPS) is 11.6. The molecule has 0 aliphatic heterocycles. The topological polar surface area (TPSA) is 49.4 Å². The van der Waals surface area contributed by atoms with Crippen molar-refractivity contribution in [1.82, 2.24) is 10.2 Å². The van der Waals surface area contributed by atoms with Crippen LogP contribution in [0.15, 0.2) is 72.8 Å². The second-order valence-electron chi connectivity index (χ2n) is 8.14. The Morgan fingerprint density at radius 2 is 1.53 bits per heavy atom. The van der Waals surface area contributed by atoms with Crippen LogP contribution in [0.5, 0.6) is 0 Å². The van der Waals surface area contributed by atoms with Gasteiger partial charge in [-0.3, -0.25) is 9.59 Å². The van der Waals surface area contributed by atoms with E-state index in [0.717, 1.165) is 27.8 Å². The zero-order chi connectivity index (χ0) is 23.1. The molecule has 166 valence electrons. The fraction of sp³-hybridized carbons (Fsp3) is 0.259. The Morgan fingerprint density at radius 3 is 2.16 bits per heavy atom. The van der Waals surface area contributed by atoms with Crippen LogP contribution in [0.4, 0.5) is 0 Å². The Balaban J connectivity index is 1.96. The molecule has 0 saturated carbocycles. The third kappa shape index (κ3) is 6.44. The third-order valence-corrected chi connectivity index (χ3v) is 5.63. The number of hydrogen-bond donors (Lipinski definition) is 1. The summed E-state index contributed by atoms with van der Waals surface area (Å²) in [6, 6.07) is 22.7. The summed E-state index contributed by atoms with van der Waals surface area (Å²) in [5, 5.41) is 3.34. The van der Waals surface area contributed by atoms with Crippen LogP contribution in [-0.2, 0) is 29.0 Å². The average molecular weight is 449 g/mol. The first-order valence-electron chi connectivity index (χ1n) is 10.7. The Morgan fingerprint density at radius 1 is 0.875 bits per heavy atom. The summed E-state index contributed by atoms with van der Waals surface area (Å²) >= 11 is 6.19. The lowest BCUT2D eigenvalue weighted by Gasteiger charge is -2.31. The van der Waals surface area contributed by atoms with Crippen molar-refractivity contribution in [2.75, 3.05) is 7.05 Å². The third-order valence-electron chi connectivity index (χ3n) is 5.40. The van der Waals surface area contributed by atoms with Crippen LogP contribution in [0.1, 0.15) is 27.8 Å². The molecule has 32 heavy (non-hydrogen) atoms. The summed E-state index contributed by atoms with van der Waals surface area (Å²) in [6.45, 7) is 4.34. The zero-order valence-electron chi connectivity index (χ0n) is 18.8. The van der Waals surface area contributed by atoms with Gasteiger partial charge >= 0.3 is 0 Å². The number of rotatable bonds is 8. The van der Waals surface area contributed by atoms with Gasteiger partial charge < -0.3 is 10.2 Å². The Labute approximate surface area is 195 Å². The molecule has 0 aliphatic rings. The summed E-state index contributed by atoms with van der Waals surface area (Å²) in [5.41, 5.74) is 5.05. The summed E-state index contributed by atoms with van der Waals surface area (Å²) in [5.74, 6) is -0.288. The molecule has 3 aromatic carbocycles. The monoisotopic (exact) mass is 448 g/mol. The van der Waals surface area contributed by atoms with E-state index in [0.29, 0.717) is 18.0 Å². The van der Waals surface area contributed by atoms with Crippen LogP contribution in [0.3, 0.4) is 0 Å². The molecule has 2 amide bonds. The fourth-order valence-corrected chi connectivity index (χ4v) is 4.21. The number of benzene rings is 3. The predicted molar refractivity (Wildman–Crippen MR) is 130 cm³/mol. The molecule has 1 N–H and O–H groups in total. The first-order valence-corrected chi connectivity index (χ1v) is 11.1. The van der Waals surface area contributed by atoms with E-state index in [9.17, 15) is 9.59 Å². The first kappa shape index (κ1) is 23.6. The largest absolute Gasteiger partial charge is 0.357 e. The molecule has 0 radical (unpaired) electrons. The minimum Gasteiger partial charge on any atom is -0.357 e. The molecule has 0 saturated heterocycles. The first-order chi connectivity index (χ1) is 15.4. The molecule has 4 nitrogen and oxygen atoms in total. The Bertz CT molecular complexity index is 1060. The van der Waals surface area contributed by atoms with E-state index in [1.807, 2.05) is 74.5 Å². The van der Waals surface area contributed by atoms with Crippen molar-refractivity contribution in [3.63, 3.8) is 0 Å². The number of carbonyl (C=O) groups is 2. The van der Waals surface area contributed by atoms with Gasteiger partial charge in [0, 0.05) is 25.0 Å². The number of halogens is 1. The van der Waals surface area contributed by atoms with E-state index >= 15 is 0 Å². The van der Waals surface area contributed by atoms with Crippen molar-refractivity contribution < 1.29 is 9.59 Å². The number of hydrogen-bond acceptors (Lipinski definition) is 2. The lowest BCUT2D eigenvalue weighted by molar-refractivity contribution is -0.140. The average Bonchev–Trinajstić information content (AvgIpc) is 2.75. The van der Waals surface area contributed by atoms with E-state index in [1.165, 1.54) is 0 Å². The lowest BCUT2D eigenvalue weighted by atomic mass is 10.0. The van der Waals surface area contributed by atoms with E-state index in [2.05, 4.69) is 11.4 Å². The minimum absolute atomic E-state index is 0.0977. The number of aryl methyl sites for hydroxylation is 2. The van der Waals surface area contributed by atoms with Crippen LogP contribution in [-0.4, -0.2) is 29.8 Å². The molecule has 5 heteroatoms. The van der Waals surface area contributed by atoms with E-state index in [4.69, 9.17) is 11.6 Å². The van der Waals surface area contributed by atoms with Crippen LogP contribution in [0, 0.1) is 13.8 Å². The van der Waals surface area contributed by atoms with E-state index in [1.54, 1.807) is 18.0 Å². The maximum atomic E-state index is 13.6.